The lowest BCUT2D eigenvalue weighted by molar-refractivity contribution is -0.135. The molecule has 6 heteroatoms. The van der Waals surface area contributed by atoms with Crippen LogP contribution in [0.2, 0.25) is 0 Å². The van der Waals surface area contributed by atoms with Crippen LogP contribution in [0, 0.1) is 0 Å². The fraction of sp³-hybridized carbons (Fsp3) is 0.385. The quantitative estimate of drug-likeness (QED) is 0.731. The Balaban J connectivity index is 2.56. The van der Waals surface area contributed by atoms with E-state index in [0.717, 1.165) is 18.8 Å². The zero-order valence-corrected chi connectivity index (χ0v) is 11.1. The van der Waals surface area contributed by atoms with Crippen LogP contribution >= 0.6 is 0 Å². The smallest absolute Gasteiger partial charge is 0.323 e. The molecule has 0 radical (unpaired) electrons. The molecule has 0 saturated carbocycles. The number of urea groups is 1. The Kier molecular flexibility index (Phi) is 5.66. The number of amides is 2. The van der Waals surface area contributed by atoms with E-state index in [1.807, 2.05) is 12.1 Å². The molecule has 0 aliphatic carbocycles. The fourth-order valence-corrected chi connectivity index (χ4v) is 1.68. The van der Waals surface area contributed by atoms with Gasteiger partial charge >= 0.3 is 12.0 Å². The SMILES string of the molecule is CCN(CC)c1ccc(NC(=O)NCC(=O)O)cc1. The molecule has 6 nitrogen and oxygen atoms in total. The van der Waals surface area contributed by atoms with Gasteiger partial charge in [0.05, 0.1) is 0 Å². The summed E-state index contributed by atoms with van der Waals surface area (Å²) in [4.78, 5) is 23.8. The fourth-order valence-electron chi connectivity index (χ4n) is 1.68. The third kappa shape index (κ3) is 4.87. The molecule has 1 aromatic carbocycles. The summed E-state index contributed by atoms with van der Waals surface area (Å²) in [6.45, 7) is 5.60. The number of aliphatic carboxylic acids is 1. The standard InChI is InChI=1S/C13H19N3O3/c1-3-16(4-2)11-7-5-10(6-8-11)15-13(19)14-9-12(17)18/h5-8H,3-4,9H2,1-2H3,(H,17,18)(H2,14,15,19). The Morgan fingerprint density at radius 1 is 1.16 bits per heavy atom. The predicted molar refractivity (Wildman–Crippen MR) is 74.7 cm³/mol. The number of benzene rings is 1. The van der Waals surface area contributed by atoms with Gasteiger partial charge < -0.3 is 20.6 Å². The van der Waals surface area contributed by atoms with E-state index in [9.17, 15) is 9.59 Å². The van der Waals surface area contributed by atoms with Crippen molar-refractivity contribution in [1.29, 1.82) is 0 Å². The summed E-state index contributed by atoms with van der Waals surface area (Å²) in [5, 5.41) is 13.2. The molecule has 0 atom stereocenters. The van der Waals surface area contributed by atoms with Gasteiger partial charge in [0.25, 0.3) is 0 Å². The zero-order chi connectivity index (χ0) is 14.3. The number of rotatable bonds is 6. The summed E-state index contributed by atoms with van der Waals surface area (Å²) >= 11 is 0. The van der Waals surface area contributed by atoms with E-state index < -0.39 is 18.5 Å². The summed E-state index contributed by atoms with van der Waals surface area (Å²) in [7, 11) is 0. The molecule has 0 aliphatic rings. The summed E-state index contributed by atoms with van der Waals surface area (Å²) < 4.78 is 0. The first-order chi connectivity index (χ1) is 9.06. The predicted octanol–water partition coefficient (Wildman–Crippen LogP) is 1.74. The number of nitrogens with one attached hydrogen (secondary N) is 2. The number of hydrogen-bond acceptors (Lipinski definition) is 3. The van der Waals surface area contributed by atoms with Gasteiger partial charge in [0.2, 0.25) is 0 Å². The van der Waals surface area contributed by atoms with Gasteiger partial charge in [0, 0.05) is 24.5 Å². The van der Waals surface area contributed by atoms with Gasteiger partial charge in [0.1, 0.15) is 6.54 Å². The van der Waals surface area contributed by atoms with Crippen molar-refractivity contribution in [2.45, 2.75) is 13.8 Å². The second-order valence-corrected chi connectivity index (χ2v) is 3.92. The van der Waals surface area contributed by atoms with Gasteiger partial charge in [-0.2, -0.15) is 0 Å². The van der Waals surface area contributed by atoms with E-state index >= 15 is 0 Å². The molecular weight excluding hydrogens is 246 g/mol. The first-order valence-corrected chi connectivity index (χ1v) is 6.18. The number of nitrogens with zero attached hydrogens (tertiary/aromatic N) is 1. The molecule has 3 N–H and O–H groups in total. The van der Waals surface area contributed by atoms with Crippen LogP contribution in [0.5, 0.6) is 0 Å². The van der Waals surface area contributed by atoms with Gasteiger partial charge in [-0.15, -0.1) is 0 Å². The molecule has 1 aromatic rings. The van der Waals surface area contributed by atoms with E-state index in [2.05, 4.69) is 29.4 Å². The molecule has 0 fully saturated rings. The molecule has 0 unspecified atom stereocenters. The third-order valence-electron chi connectivity index (χ3n) is 2.65. The number of hydrogen-bond donors (Lipinski definition) is 3. The summed E-state index contributed by atoms with van der Waals surface area (Å²) in [6, 6.07) is 6.87. The summed E-state index contributed by atoms with van der Waals surface area (Å²) in [6.07, 6.45) is 0. The van der Waals surface area contributed by atoms with Gasteiger partial charge in [-0.25, -0.2) is 4.79 Å². The second kappa shape index (κ2) is 7.25. The van der Waals surface area contributed by atoms with Crippen LogP contribution in [0.25, 0.3) is 0 Å². The zero-order valence-electron chi connectivity index (χ0n) is 11.1. The van der Waals surface area contributed by atoms with E-state index in [1.54, 1.807) is 12.1 Å². The minimum Gasteiger partial charge on any atom is -0.480 e. The van der Waals surface area contributed by atoms with Crippen molar-refractivity contribution in [1.82, 2.24) is 5.32 Å². The molecule has 2 amide bonds. The monoisotopic (exact) mass is 265 g/mol. The highest BCUT2D eigenvalue weighted by molar-refractivity contribution is 5.91. The van der Waals surface area contributed by atoms with Gasteiger partial charge in [-0.1, -0.05) is 0 Å². The van der Waals surface area contributed by atoms with Crippen molar-refractivity contribution in [2.75, 3.05) is 29.9 Å². The number of carbonyl (C=O) groups excluding carboxylic acids is 1. The largest absolute Gasteiger partial charge is 0.480 e. The molecule has 0 aromatic heterocycles. The van der Waals surface area contributed by atoms with Crippen molar-refractivity contribution in [2.24, 2.45) is 0 Å². The van der Waals surface area contributed by atoms with Crippen molar-refractivity contribution in [3.05, 3.63) is 24.3 Å². The summed E-state index contributed by atoms with van der Waals surface area (Å²) in [5.41, 5.74) is 1.71. The first kappa shape index (κ1) is 14.8. The maximum absolute atomic E-state index is 11.4. The molecule has 0 heterocycles. The van der Waals surface area contributed by atoms with Gasteiger partial charge in [-0.05, 0) is 38.1 Å². The van der Waals surface area contributed by atoms with Crippen molar-refractivity contribution >= 4 is 23.4 Å². The van der Waals surface area contributed by atoms with Crippen LogP contribution in [-0.4, -0.2) is 36.7 Å². The molecule has 0 spiro atoms. The van der Waals surface area contributed by atoms with E-state index in [1.165, 1.54) is 0 Å². The van der Waals surface area contributed by atoms with Crippen LogP contribution < -0.4 is 15.5 Å². The minimum atomic E-state index is -1.08. The maximum atomic E-state index is 11.4. The topological polar surface area (TPSA) is 81.7 Å². The van der Waals surface area contributed by atoms with Crippen molar-refractivity contribution in [3.8, 4) is 0 Å². The lowest BCUT2D eigenvalue weighted by atomic mass is 10.2. The third-order valence-corrected chi connectivity index (χ3v) is 2.65. The average Bonchev–Trinajstić information content (AvgIpc) is 2.40. The van der Waals surface area contributed by atoms with Crippen LogP contribution in [0.4, 0.5) is 16.2 Å². The van der Waals surface area contributed by atoms with Crippen LogP contribution in [0.3, 0.4) is 0 Å². The molecular formula is C13H19N3O3. The van der Waals surface area contributed by atoms with Crippen LogP contribution in [-0.2, 0) is 4.79 Å². The number of carboxylic acid groups (broad SMARTS) is 1. The van der Waals surface area contributed by atoms with Gasteiger partial charge in [0.15, 0.2) is 0 Å². The lowest BCUT2D eigenvalue weighted by Crippen LogP contribution is -2.33. The normalized spacial score (nSPS) is 9.79. The van der Waals surface area contributed by atoms with Crippen molar-refractivity contribution in [3.63, 3.8) is 0 Å². The Morgan fingerprint density at radius 2 is 1.74 bits per heavy atom. The highest BCUT2D eigenvalue weighted by atomic mass is 16.4. The summed E-state index contributed by atoms with van der Waals surface area (Å²) in [5.74, 6) is -1.08. The van der Waals surface area contributed by atoms with Crippen LogP contribution in [0.15, 0.2) is 24.3 Å². The Labute approximate surface area is 112 Å². The van der Waals surface area contributed by atoms with Crippen molar-refractivity contribution < 1.29 is 14.7 Å². The highest BCUT2D eigenvalue weighted by Gasteiger charge is 2.05. The maximum Gasteiger partial charge on any atom is 0.323 e. The lowest BCUT2D eigenvalue weighted by Gasteiger charge is -2.21. The van der Waals surface area contributed by atoms with Gasteiger partial charge in [-0.3, -0.25) is 4.79 Å². The first-order valence-electron chi connectivity index (χ1n) is 6.18. The number of anilines is 2. The number of carbonyl (C=O) groups is 2. The molecule has 19 heavy (non-hydrogen) atoms. The number of carboxylic acids is 1. The Bertz CT molecular complexity index is 427. The molecule has 0 saturated heterocycles. The molecule has 1 rings (SSSR count). The van der Waals surface area contributed by atoms with E-state index in [-0.39, 0.29) is 0 Å². The van der Waals surface area contributed by atoms with Crippen LogP contribution in [0.1, 0.15) is 13.8 Å². The Morgan fingerprint density at radius 3 is 2.21 bits per heavy atom. The Hall–Kier alpha value is -2.24. The van der Waals surface area contributed by atoms with E-state index in [4.69, 9.17) is 5.11 Å². The van der Waals surface area contributed by atoms with E-state index in [0.29, 0.717) is 5.69 Å². The average molecular weight is 265 g/mol. The molecule has 0 bridgehead atoms. The minimum absolute atomic E-state index is 0.399. The second-order valence-electron chi connectivity index (χ2n) is 3.92. The molecule has 0 aliphatic heterocycles. The highest BCUT2D eigenvalue weighted by Crippen LogP contribution is 2.17. The molecule has 104 valence electrons.